The number of rotatable bonds is 5. The van der Waals surface area contributed by atoms with Crippen LogP contribution in [0.5, 0.6) is 5.75 Å². The smallest absolute Gasteiger partial charge is 0.120 e. The van der Waals surface area contributed by atoms with Crippen molar-refractivity contribution in [2.24, 2.45) is 0 Å². The number of aliphatic hydroxyl groups is 1. The van der Waals surface area contributed by atoms with Gasteiger partial charge in [0.1, 0.15) is 12.4 Å². The van der Waals surface area contributed by atoms with Crippen molar-refractivity contribution in [1.29, 1.82) is 0 Å². The Hall–Kier alpha value is -2.24. The first-order valence-electron chi connectivity index (χ1n) is 6.75. The maximum atomic E-state index is 8.67. The van der Waals surface area contributed by atoms with E-state index in [1.54, 1.807) is 0 Å². The molecule has 0 atom stereocenters. The molecule has 2 aromatic rings. The molecule has 102 valence electrons. The van der Waals surface area contributed by atoms with Crippen LogP contribution in [0.1, 0.15) is 17.5 Å². The van der Waals surface area contributed by atoms with E-state index < -0.39 is 0 Å². The molecule has 2 aromatic carbocycles. The SMILES string of the molecule is OCC#Cc1cccc(OCCCc2ccccc2)c1. The highest BCUT2D eigenvalue weighted by atomic mass is 16.5. The Balaban J connectivity index is 1.79. The van der Waals surface area contributed by atoms with Crippen molar-refractivity contribution in [2.75, 3.05) is 13.2 Å². The van der Waals surface area contributed by atoms with Crippen molar-refractivity contribution in [3.8, 4) is 17.6 Å². The molecule has 0 aliphatic heterocycles. The molecule has 0 saturated heterocycles. The van der Waals surface area contributed by atoms with E-state index in [0.29, 0.717) is 6.61 Å². The number of hydrogen-bond donors (Lipinski definition) is 1. The van der Waals surface area contributed by atoms with E-state index in [4.69, 9.17) is 9.84 Å². The summed E-state index contributed by atoms with van der Waals surface area (Å²) in [5, 5.41) is 8.67. The average molecular weight is 266 g/mol. The lowest BCUT2D eigenvalue weighted by Gasteiger charge is -2.06. The molecule has 20 heavy (non-hydrogen) atoms. The van der Waals surface area contributed by atoms with Gasteiger partial charge in [-0.2, -0.15) is 0 Å². The average Bonchev–Trinajstić information content (AvgIpc) is 2.51. The topological polar surface area (TPSA) is 29.5 Å². The zero-order valence-corrected chi connectivity index (χ0v) is 11.4. The van der Waals surface area contributed by atoms with Gasteiger partial charge in [0.2, 0.25) is 0 Å². The summed E-state index contributed by atoms with van der Waals surface area (Å²) in [6.07, 6.45) is 2.00. The molecule has 0 aliphatic rings. The molecule has 1 N–H and O–H groups in total. The third-order valence-electron chi connectivity index (χ3n) is 2.87. The lowest BCUT2D eigenvalue weighted by atomic mass is 10.1. The Morgan fingerprint density at radius 3 is 2.65 bits per heavy atom. The third-order valence-corrected chi connectivity index (χ3v) is 2.87. The van der Waals surface area contributed by atoms with Crippen molar-refractivity contribution < 1.29 is 9.84 Å². The van der Waals surface area contributed by atoms with Crippen molar-refractivity contribution >= 4 is 0 Å². The first-order valence-corrected chi connectivity index (χ1v) is 6.75. The summed E-state index contributed by atoms with van der Waals surface area (Å²) < 4.78 is 5.72. The van der Waals surface area contributed by atoms with Gasteiger partial charge in [0.15, 0.2) is 0 Å². The Bertz CT molecular complexity index is 579. The van der Waals surface area contributed by atoms with Gasteiger partial charge in [-0.25, -0.2) is 0 Å². The summed E-state index contributed by atoms with van der Waals surface area (Å²) in [4.78, 5) is 0. The largest absolute Gasteiger partial charge is 0.494 e. The molecule has 2 heteroatoms. The van der Waals surface area contributed by atoms with Gasteiger partial charge in [-0.3, -0.25) is 0 Å². The normalized spacial score (nSPS) is 9.65. The molecule has 0 radical (unpaired) electrons. The molecular weight excluding hydrogens is 248 g/mol. The molecule has 0 amide bonds. The Kier molecular flexibility index (Phi) is 5.70. The highest BCUT2D eigenvalue weighted by molar-refractivity contribution is 5.39. The number of hydrogen-bond acceptors (Lipinski definition) is 2. The van der Waals surface area contributed by atoms with Crippen LogP contribution in [0.4, 0.5) is 0 Å². The summed E-state index contributed by atoms with van der Waals surface area (Å²) in [6, 6.07) is 18.0. The molecule has 2 rings (SSSR count). The summed E-state index contributed by atoms with van der Waals surface area (Å²) >= 11 is 0. The zero-order valence-electron chi connectivity index (χ0n) is 11.4. The maximum Gasteiger partial charge on any atom is 0.120 e. The number of ether oxygens (including phenoxy) is 1. The van der Waals surface area contributed by atoms with Crippen LogP contribution < -0.4 is 4.74 Å². The molecule has 0 aromatic heterocycles. The van der Waals surface area contributed by atoms with Crippen LogP contribution in [0.3, 0.4) is 0 Å². The zero-order chi connectivity index (χ0) is 14.0. The Labute approximate surface area is 120 Å². The second kappa shape index (κ2) is 8.04. The first-order chi connectivity index (χ1) is 9.88. The van der Waals surface area contributed by atoms with E-state index in [2.05, 4.69) is 36.1 Å². The van der Waals surface area contributed by atoms with Crippen LogP contribution in [0.25, 0.3) is 0 Å². The van der Waals surface area contributed by atoms with Crippen molar-refractivity contribution in [2.45, 2.75) is 12.8 Å². The lowest BCUT2D eigenvalue weighted by molar-refractivity contribution is 0.311. The predicted molar refractivity (Wildman–Crippen MR) is 80.7 cm³/mol. The molecular formula is C18H18O2. The summed E-state index contributed by atoms with van der Waals surface area (Å²) in [5.41, 5.74) is 2.19. The first kappa shape index (κ1) is 14.2. The van der Waals surface area contributed by atoms with E-state index in [1.807, 2.05) is 30.3 Å². The van der Waals surface area contributed by atoms with Gasteiger partial charge in [0.25, 0.3) is 0 Å². The quantitative estimate of drug-likeness (QED) is 0.666. The Morgan fingerprint density at radius 1 is 1.00 bits per heavy atom. The molecule has 2 nitrogen and oxygen atoms in total. The minimum atomic E-state index is -0.123. The van der Waals surface area contributed by atoms with Crippen LogP contribution in [-0.4, -0.2) is 18.3 Å². The van der Waals surface area contributed by atoms with Gasteiger partial charge >= 0.3 is 0 Å². The lowest BCUT2D eigenvalue weighted by Crippen LogP contribution is -1.99. The van der Waals surface area contributed by atoms with Crippen LogP contribution >= 0.6 is 0 Å². The van der Waals surface area contributed by atoms with Gasteiger partial charge in [-0.15, -0.1) is 0 Å². The molecule has 0 unspecified atom stereocenters. The van der Waals surface area contributed by atoms with Gasteiger partial charge < -0.3 is 9.84 Å². The Morgan fingerprint density at radius 2 is 1.85 bits per heavy atom. The van der Waals surface area contributed by atoms with E-state index in [0.717, 1.165) is 24.2 Å². The van der Waals surface area contributed by atoms with Gasteiger partial charge in [-0.05, 0) is 36.6 Å². The van der Waals surface area contributed by atoms with E-state index in [-0.39, 0.29) is 6.61 Å². The second-order valence-corrected chi connectivity index (χ2v) is 4.43. The highest BCUT2D eigenvalue weighted by Crippen LogP contribution is 2.13. The monoisotopic (exact) mass is 266 g/mol. The van der Waals surface area contributed by atoms with Crippen LogP contribution in [0.2, 0.25) is 0 Å². The van der Waals surface area contributed by atoms with E-state index in [1.165, 1.54) is 5.56 Å². The van der Waals surface area contributed by atoms with Crippen LogP contribution in [0.15, 0.2) is 54.6 Å². The number of benzene rings is 2. The fourth-order valence-electron chi connectivity index (χ4n) is 1.92. The minimum Gasteiger partial charge on any atom is -0.494 e. The second-order valence-electron chi connectivity index (χ2n) is 4.43. The molecule has 0 fully saturated rings. The molecule has 0 heterocycles. The van der Waals surface area contributed by atoms with Gasteiger partial charge in [-0.1, -0.05) is 48.2 Å². The number of aryl methyl sites for hydroxylation is 1. The minimum absolute atomic E-state index is 0.123. The van der Waals surface area contributed by atoms with Crippen LogP contribution in [0, 0.1) is 11.8 Å². The molecule has 0 saturated carbocycles. The predicted octanol–water partition coefficient (Wildman–Crippen LogP) is 3.04. The van der Waals surface area contributed by atoms with E-state index >= 15 is 0 Å². The summed E-state index contributed by atoms with van der Waals surface area (Å²) in [7, 11) is 0. The molecule has 0 bridgehead atoms. The van der Waals surface area contributed by atoms with Crippen molar-refractivity contribution in [3.63, 3.8) is 0 Å². The maximum absolute atomic E-state index is 8.67. The summed E-state index contributed by atoms with van der Waals surface area (Å²) in [5.74, 6) is 6.32. The highest BCUT2D eigenvalue weighted by Gasteiger charge is 1.96. The standard InChI is InChI=1S/C18H18O2/c19-13-5-10-17-9-4-12-18(15-17)20-14-6-11-16-7-2-1-3-8-16/h1-4,7-9,12,15,19H,6,11,13-14H2. The summed E-state index contributed by atoms with van der Waals surface area (Å²) in [6.45, 7) is 0.563. The van der Waals surface area contributed by atoms with Crippen LogP contribution in [-0.2, 0) is 6.42 Å². The van der Waals surface area contributed by atoms with E-state index in [9.17, 15) is 0 Å². The van der Waals surface area contributed by atoms with Gasteiger partial charge in [0.05, 0.1) is 6.61 Å². The number of aliphatic hydroxyl groups excluding tert-OH is 1. The van der Waals surface area contributed by atoms with Crippen molar-refractivity contribution in [1.82, 2.24) is 0 Å². The third kappa shape index (κ3) is 4.79. The van der Waals surface area contributed by atoms with Gasteiger partial charge in [0, 0.05) is 5.56 Å². The molecule has 0 spiro atoms. The fraction of sp³-hybridized carbons (Fsp3) is 0.222. The molecule has 0 aliphatic carbocycles. The van der Waals surface area contributed by atoms with Crippen molar-refractivity contribution in [3.05, 3.63) is 65.7 Å². The fourth-order valence-corrected chi connectivity index (χ4v) is 1.92.